The topological polar surface area (TPSA) is 95.9 Å². The molecule has 2 N–H and O–H groups in total. The molecular weight excluding hydrogens is 412 g/mol. The molecule has 0 saturated carbocycles. The van der Waals surface area contributed by atoms with Gasteiger partial charge in [-0.3, -0.25) is 19.3 Å². The number of aromatic amines is 1. The average Bonchev–Trinajstić information content (AvgIpc) is 3.19. The van der Waals surface area contributed by atoms with E-state index in [1.165, 1.54) is 31.0 Å². The highest BCUT2D eigenvalue weighted by Gasteiger charge is 2.15. The maximum absolute atomic E-state index is 13.2. The number of hydrogen-bond donors (Lipinski definition) is 2. The summed E-state index contributed by atoms with van der Waals surface area (Å²) in [7, 11) is 0. The summed E-state index contributed by atoms with van der Waals surface area (Å²) in [4.78, 5) is 32.7. The second kappa shape index (κ2) is 10.1. The third-order valence-corrected chi connectivity index (χ3v) is 6.41. The number of thioether (sulfide) groups is 1. The normalized spacial score (nSPS) is 14.7. The van der Waals surface area contributed by atoms with Crippen LogP contribution < -0.4 is 10.9 Å². The van der Waals surface area contributed by atoms with Gasteiger partial charge in [0.2, 0.25) is 5.91 Å². The van der Waals surface area contributed by atoms with E-state index in [2.05, 4.69) is 20.4 Å². The minimum absolute atomic E-state index is 0.0462. The van der Waals surface area contributed by atoms with Crippen molar-refractivity contribution in [1.82, 2.24) is 24.6 Å². The lowest BCUT2D eigenvalue weighted by molar-refractivity contribution is -0.113. The molecule has 0 atom stereocenters. The zero-order chi connectivity index (χ0) is 21.6. The largest absolute Gasteiger partial charge is 0.308 e. The minimum atomic E-state index is -0.182. The Kier molecular flexibility index (Phi) is 7.03. The minimum Gasteiger partial charge on any atom is -0.308 e. The predicted octanol–water partition coefficient (Wildman–Crippen LogP) is 3.03. The molecule has 1 amide bonds. The van der Waals surface area contributed by atoms with E-state index in [9.17, 15) is 9.59 Å². The summed E-state index contributed by atoms with van der Waals surface area (Å²) in [6.07, 6.45) is 4.70. The van der Waals surface area contributed by atoms with Gasteiger partial charge in [0, 0.05) is 18.3 Å². The van der Waals surface area contributed by atoms with E-state index in [-0.39, 0.29) is 17.2 Å². The van der Waals surface area contributed by atoms with Crippen molar-refractivity contribution in [3.05, 3.63) is 46.4 Å². The molecule has 0 spiro atoms. The van der Waals surface area contributed by atoms with Gasteiger partial charge in [-0.1, -0.05) is 30.3 Å². The number of aryl methyl sites for hydroxylation is 1. The highest BCUT2D eigenvalue weighted by atomic mass is 32.2. The van der Waals surface area contributed by atoms with Crippen LogP contribution in [0.1, 0.15) is 31.4 Å². The highest BCUT2D eigenvalue weighted by molar-refractivity contribution is 7.99. The first-order valence-corrected chi connectivity index (χ1v) is 11.8. The number of likely N-dealkylation sites (tertiary alicyclic amines) is 1. The molecule has 1 aliphatic heterocycles. The highest BCUT2D eigenvalue weighted by Crippen LogP contribution is 2.19. The second-order valence-electron chi connectivity index (χ2n) is 7.90. The molecule has 0 unspecified atom stereocenters. The van der Waals surface area contributed by atoms with Crippen molar-refractivity contribution in [1.29, 1.82) is 0 Å². The molecule has 0 radical (unpaired) electrons. The van der Waals surface area contributed by atoms with Crippen molar-refractivity contribution in [3.8, 4) is 0 Å². The zero-order valence-corrected chi connectivity index (χ0v) is 18.6. The number of benzene rings is 1. The van der Waals surface area contributed by atoms with Crippen LogP contribution in [0.15, 0.2) is 40.3 Å². The van der Waals surface area contributed by atoms with E-state index in [4.69, 9.17) is 4.98 Å². The fourth-order valence-electron chi connectivity index (χ4n) is 3.88. The lowest BCUT2D eigenvalue weighted by atomic mass is 10.1. The van der Waals surface area contributed by atoms with Gasteiger partial charge in [-0.05, 0) is 58.0 Å². The number of hydrogen-bond acceptors (Lipinski definition) is 6. The van der Waals surface area contributed by atoms with Gasteiger partial charge in [0.15, 0.2) is 11.0 Å². The quantitative estimate of drug-likeness (QED) is 0.413. The van der Waals surface area contributed by atoms with E-state index in [1.54, 1.807) is 10.6 Å². The summed E-state index contributed by atoms with van der Waals surface area (Å²) in [5.74, 6) is 0.468. The van der Waals surface area contributed by atoms with Gasteiger partial charge in [-0.25, -0.2) is 4.98 Å². The molecule has 4 rings (SSSR count). The molecule has 1 saturated heterocycles. The van der Waals surface area contributed by atoms with Crippen LogP contribution in [0.25, 0.3) is 10.9 Å². The average molecular weight is 441 g/mol. The first-order valence-electron chi connectivity index (χ1n) is 10.8. The van der Waals surface area contributed by atoms with Crippen molar-refractivity contribution in [2.24, 2.45) is 0 Å². The van der Waals surface area contributed by atoms with Gasteiger partial charge in [-0.15, -0.1) is 0 Å². The molecule has 3 aromatic rings. The van der Waals surface area contributed by atoms with Gasteiger partial charge in [0.05, 0.1) is 16.7 Å². The van der Waals surface area contributed by atoms with Crippen LogP contribution in [0.5, 0.6) is 0 Å². The van der Waals surface area contributed by atoms with Gasteiger partial charge in [0.25, 0.3) is 5.56 Å². The number of aromatic nitrogens is 4. The van der Waals surface area contributed by atoms with Crippen molar-refractivity contribution in [2.75, 3.05) is 30.7 Å². The number of amides is 1. The lowest BCUT2D eigenvalue weighted by Gasteiger charge is -2.26. The van der Waals surface area contributed by atoms with Crippen LogP contribution in [0.2, 0.25) is 0 Å². The van der Waals surface area contributed by atoms with Crippen LogP contribution in [-0.2, 0) is 11.3 Å². The number of H-pyrrole nitrogens is 1. The summed E-state index contributed by atoms with van der Waals surface area (Å²) >= 11 is 1.28. The molecule has 8 nitrogen and oxygen atoms in total. The Morgan fingerprint density at radius 1 is 1.19 bits per heavy atom. The van der Waals surface area contributed by atoms with Crippen molar-refractivity contribution in [3.63, 3.8) is 0 Å². The molecule has 1 aliphatic rings. The van der Waals surface area contributed by atoms with E-state index in [0.717, 1.165) is 31.7 Å². The number of piperidine rings is 1. The Hall–Kier alpha value is -2.65. The standard InChI is InChI=1S/C22H28N6O2S/c1-16-14-19(26-25-16)24-20(29)15-31-22-23-18-9-4-3-8-17(18)21(30)28(22)13-7-12-27-10-5-2-6-11-27/h3-4,8-9,14H,2,5-7,10-13,15H2,1H3,(H2,24,25,26,29). The molecule has 0 bridgehead atoms. The third-order valence-electron chi connectivity index (χ3n) is 5.44. The number of nitrogens with one attached hydrogen (secondary N) is 2. The van der Waals surface area contributed by atoms with E-state index >= 15 is 0 Å². The molecule has 9 heteroatoms. The van der Waals surface area contributed by atoms with Crippen molar-refractivity contribution in [2.45, 2.75) is 44.3 Å². The smallest absolute Gasteiger partial charge is 0.262 e. The first-order chi connectivity index (χ1) is 15.1. The van der Waals surface area contributed by atoms with Crippen LogP contribution in [0.4, 0.5) is 5.82 Å². The fraction of sp³-hybridized carbons (Fsp3) is 0.455. The van der Waals surface area contributed by atoms with Gasteiger partial charge in [-0.2, -0.15) is 5.10 Å². The molecule has 0 aliphatic carbocycles. The van der Waals surface area contributed by atoms with E-state index in [1.807, 2.05) is 31.2 Å². The van der Waals surface area contributed by atoms with Crippen LogP contribution in [0, 0.1) is 6.92 Å². The SMILES string of the molecule is Cc1cc(NC(=O)CSc2nc3ccccc3c(=O)n2CCCN2CCCCC2)n[nH]1. The lowest BCUT2D eigenvalue weighted by Crippen LogP contribution is -2.32. The number of nitrogens with zero attached hydrogens (tertiary/aromatic N) is 4. The Morgan fingerprint density at radius 3 is 2.77 bits per heavy atom. The number of rotatable bonds is 8. The fourth-order valence-corrected chi connectivity index (χ4v) is 4.71. The number of fused-ring (bicyclic) bond motifs is 1. The third kappa shape index (κ3) is 5.54. The monoisotopic (exact) mass is 440 g/mol. The summed E-state index contributed by atoms with van der Waals surface area (Å²) in [5.41, 5.74) is 1.49. The Labute approximate surface area is 185 Å². The van der Waals surface area contributed by atoms with E-state index < -0.39 is 0 Å². The summed E-state index contributed by atoms with van der Waals surface area (Å²) in [5, 5.41) is 10.8. The number of carbonyl (C=O) groups is 1. The Morgan fingerprint density at radius 2 is 2.00 bits per heavy atom. The van der Waals surface area contributed by atoms with Crippen LogP contribution >= 0.6 is 11.8 Å². The molecule has 2 aromatic heterocycles. The van der Waals surface area contributed by atoms with Gasteiger partial charge < -0.3 is 10.2 Å². The Balaban J connectivity index is 1.47. The molecule has 1 fully saturated rings. The van der Waals surface area contributed by atoms with Crippen molar-refractivity contribution >= 4 is 34.4 Å². The number of anilines is 1. The van der Waals surface area contributed by atoms with Crippen LogP contribution in [0.3, 0.4) is 0 Å². The summed E-state index contributed by atoms with van der Waals surface area (Å²) in [6.45, 7) is 5.72. The van der Waals surface area contributed by atoms with Crippen LogP contribution in [-0.4, -0.2) is 55.9 Å². The molecule has 164 valence electrons. The molecule has 3 heterocycles. The zero-order valence-electron chi connectivity index (χ0n) is 17.8. The molecule has 31 heavy (non-hydrogen) atoms. The maximum Gasteiger partial charge on any atom is 0.262 e. The maximum atomic E-state index is 13.2. The summed E-state index contributed by atoms with van der Waals surface area (Å²) < 4.78 is 1.73. The van der Waals surface area contributed by atoms with Crippen molar-refractivity contribution < 1.29 is 4.79 Å². The second-order valence-corrected chi connectivity index (χ2v) is 8.84. The predicted molar refractivity (Wildman–Crippen MR) is 124 cm³/mol. The van der Waals surface area contributed by atoms with E-state index in [0.29, 0.717) is 28.4 Å². The number of para-hydroxylation sites is 1. The Bertz CT molecular complexity index is 1100. The van der Waals surface area contributed by atoms with Gasteiger partial charge >= 0.3 is 0 Å². The van der Waals surface area contributed by atoms with Gasteiger partial charge in [0.1, 0.15) is 0 Å². The molecular formula is C22H28N6O2S. The summed E-state index contributed by atoms with van der Waals surface area (Å²) in [6, 6.07) is 9.15. The first kappa shape index (κ1) is 21.6. The number of carbonyl (C=O) groups excluding carboxylic acids is 1. The molecule has 1 aromatic carbocycles.